The molecule has 0 radical (unpaired) electrons. The lowest BCUT2D eigenvalue weighted by molar-refractivity contribution is -0.148. The second-order valence-electron chi connectivity index (χ2n) is 7.16. The van der Waals surface area contributed by atoms with Gasteiger partial charge in [0.15, 0.2) is 0 Å². The fourth-order valence-corrected chi connectivity index (χ4v) is 3.66. The van der Waals surface area contributed by atoms with E-state index in [0.717, 1.165) is 24.9 Å². The second-order valence-corrected chi connectivity index (χ2v) is 7.59. The first-order chi connectivity index (χ1) is 12.4. The van der Waals surface area contributed by atoms with Crippen LogP contribution in [0.3, 0.4) is 0 Å². The largest absolute Gasteiger partial charge is 0.369 e. The van der Waals surface area contributed by atoms with Gasteiger partial charge in [0.25, 0.3) is 0 Å². The summed E-state index contributed by atoms with van der Waals surface area (Å²) < 4.78 is 0. The van der Waals surface area contributed by atoms with Gasteiger partial charge in [0.2, 0.25) is 17.7 Å². The molecule has 3 amide bonds. The molecule has 3 rings (SSSR count). The van der Waals surface area contributed by atoms with Crippen molar-refractivity contribution in [2.24, 2.45) is 11.1 Å². The number of piperazine rings is 1. The molecule has 1 aliphatic carbocycles. The Morgan fingerprint density at radius 2 is 1.92 bits per heavy atom. The lowest BCUT2D eigenvalue weighted by atomic mass is 9.98. The van der Waals surface area contributed by atoms with Crippen LogP contribution in [0.4, 0.5) is 5.69 Å². The second kappa shape index (κ2) is 7.27. The van der Waals surface area contributed by atoms with Crippen LogP contribution in [-0.4, -0.2) is 41.8 Å². The Balaban J connectivity index is 1.83. The van der Waals surface area contributed by atoms with E-state index in [1.54, 1.807) is 34.1 Å². The van der Waals surface area contributed by atoms with Crippen molar-refractivity contribution in [2.45, 2.75) is 45.1 Å². The summed E-state index contributed by atoms with van der Waals surface area (Å²) in [5.74, 6) is -1.02. The van der Waals surface area contributed by atoms with Gasteiger partial charge in [-0.2, -0.15) is 0 Å². The number of hydrogen-bond donors (Lipinski definition) is 1. The lowest BCUT2D eigenvalue weighted by Crippen LogP contribution is -2.60. The maximum Gasteiger partial charge on any atom is 0.246 e. The maximum absolute atomic E-state index is 13.0. The topological polar surface area (TPSA) is 83.7 Å². The zero-order valence-electron chi connectivity index (χ0n) is 14.9. The van der Waals surface area contributed by atoms with Gasteiger partial charge in [0.1, 0.15) is 12.0 Å². The Bertz CT molecular complexity index is 715. The summed E-state index contributed by atoms with van der Waals surface area (Å²) >= 11 is 5.94. The van der Waals surface area contributed by atoms with E-state index in [1.807, 2.05) is 0 Å². The van der Waals surface area contributed by atoms with Crippen LogP contribution >= 0.6 is 11.6 Å². The van der Waals surface area contributed by atoms with Crippen LogP contribution in [0.2, 0.25) is 5.02 Å². The molecule has 1 atom stereocenters. The van der Waals surface area contributed by atoms with Crippen LogP contribution in [0.1, 0.15) is 39.0 Å². The number of unbranched alkanes of at least 4 members (excludes halogenated alkanes) is 1. The van der Waals surface area contributed by atoms with E-state index in [0.29, 0.717) is 24.4 Å². The highest BCUT2D eigenvalue weighted by Crippen LogP contribution is 2.47. The number of benzene rings is 1. The zero-order valence-corrected chi connectivity index (χ0v) is 15.7. The standard InChI is InChI=1S/C19H24ClN3O3/c1-2-3-4-15-11-22(14-7-5-13(20)6-8-14)16(24)12-23(15)18(26)19(9-10-19)17(21)25/h5-8,15H,2-4,9-12H2,1H3,(H2,21,25). The number of hydrogen-bond acceptors (Lipinski definition) is 3. The highest BCUT2D eigenvalue weighted by Gasteiger charge is 2.58. The van der Waals surface area contributed by atoms with Gasteiger partial charge in [0, 0.05) is 17.3 Å². The molecular weight excluding hydrogens is 354 g/mol. The number of carbonyl (C=O) groups excluding carboxylic acids is 3. The summed E-state index contributed by atoms with van der Waals surface area (Å²) in [6.07, 6.45) is 3.68. The molecule has 2 aliphatic rings. The monoisotopic (exact) mass is 377 g/mol. The van der Waals surface area contributed by atoms with Gasteiger partial charge >= 0.3 is 0 Å². The number of halogens is 1. The Morgan fingerprint density at radius 3 is 2.46 bits per heavy atom. The Morgan fingerprint density at radius 1 is 1.27 bits per heavy atom. The minimum Gasteiger partial charge on any atom is -0.369 e. The maximum atomic E-state index is 13.0. The summed E-state index contributed by atoms with van der Waals surface area (Å²) in [6.45, 7) is 2.48. The molecule has 7 heteroatoms. The van der Waals surface area contributed by atoms with Gasteiger partial charge in [-0.05, 0) is 43.5 Å². The number of carbonyl (C=O) groups is 3. The van der Waals surface area contributed by atoms with Crippen LogP contribution < -0.4 is 10.6 Å². The Kier molecular flexibility index (Phi) is 5.23. The van der Waals surface area contributed by atoms with Crippen molar-refractivity contribution in [3.05, 3.63) is 29.3 Å². The van der Waals surface area contributed by atoms with Crippen molar-refractivity contribution in [3.8, 4) is 0 Å². The Hall–Kier alpha value is -2.08. The third-order valence-corrected chi connectivity index (χ3v) is 5.61. The molecule has 1 aliphatic heterocycles. The van der Waals surface area contributed by atoms with E-state index >= 15 is 0 Å². The van der Waals surface area contributed by atoms with Crippen LogP contribution in [0.25, 0.3) is 0 Å². The van der Waals surface area contributed by atoms with Crippen LogP contribution in [0, 0.1) is 5.41 Å². The molecule has 6 nitrogen and oxygen atoms in total. The van der Waals surface area contributed by atoms with Gasteiger partial charge in [-0.25, -0.2) is 0 Å². The van der Waals surface area contributed by atoms with E-state index in [4.69, 9.17) is 17.3 Å². The van der Waals surface area contributed by atoms with Gasteiger partial charge in [-0.1, -0.05) is 31.4 Å². The van der Waals surface area contributed by atoms with E-state index in [9.17, 15) is 14.4 Å². The molecule has 1 aromatic carbocycles. The predicted molar refractivity (Wildman–Crippen MR) is 99.7 cm³/mol. The minimum atomic E-state index is -1.09. The first-order valence-electron chi connectivity index (χ1n) is 9.06. The molecule has 1 saturated heterocycles. The molecule has 0 spiro atoms. The highest BCUT2D eigenvalue weighted by molar-refractivity contribution is 6.30. The first kappa shape index (κ1) is 18.7. The lowest BCUT2D eigenvalue weighted by Gasteiger charge is -2.42. The van der Waals surface area contributed by atoms with E-state index in [2.05, 4.69) is 6.92 Å². The van der Waals surface area contributed by atoms with Crippen molar-refractivity contribution >= 4 is 35.0 Å². The molecular formula is C19H24ClN3O3. The molecule has 1 saturated carbocycles. The molecule has 1 heterocycles. The van der Waals surface area contributed by atoms with E-state index < -0.39 is 11.3 Å². The average Bonchev–Trinajstić information content (AvgIpc) is 3.43. The number of rotatable bonds is 6. The van der Waals surface area contributed by atoms with Crippen molar-refractivity contribution in [3.63, 3.8) is 0 Å². The minimum absolute atomic E-state index is 0.0229. The fraction of sp³-hybridized carbons (Fsp3) is 0.526. The molecule has 1 aromatic rings. The first-order valence-corrected chi connectivity index (χ1v) is 9.44. The van der Waals surface area contributed by atoms with Crippen LogP contribution in [0.5, 0.6) is 0 Å². The van der Waals surface area contributed by atoms with Gasteiger partial charge in [0.05, 0.1) is 6.04 Å². The van der Waals surface area contributed by atoms with Gasteiger partial charge < -0.3 is 15.5 Å². The van der Waals surface area contributed by atoms with Crippen LogP contribution in [-0.2, 0) is 14.4 Å². The van der Waals surface area contributed by atoms with Crippen LogP contribution in [0.15, 0.2) is 24.3 Å². The fourth-order valence-electron chi connectivity index (χ4n) is 3.53. The molecule has 2 fully saturated rings. The van der Waals surface area contributed by atoms with Crippen molar-refractivity contribution < 1.29 is 14.4 Å². The molecule has 0 aromatic heterocycles. The third kappa shape index (κ3) is 3.43. The molecule has 1 unspecified atom stereocenters. The quantitative estimate of drug-likeness (QED) is 0.772. The van der Waals surface area contributed by atoms with E-state index in [1.165, 1.54) is 0 Å². The number of primary amides is 1. The summed E-state index contributed by atoms with van der Waals surface area (Å²) in [5.41, 5.74) is 5.14. The third-order valence-electron chi connectivity index (χ3n) is 5.36. The smallest absolute Gasteiger partial charge is 0.246 e. The molecule has 140 valence electrons. The number of nitrogens with zero attached hydrogens (tertiary/aromatic N) is 2. The Labute approximate surface area is 158 Å². The van der Waals surface area contributed by atoms with Crippen molar-refractivity contribution in [2.75, 3.05) is 18.0 Å². The highest BCUT2D eigenvalue weighted by atomic mass is 35.5. The summed E-state index contributed by atoms with van der Waals surface area (Å²) in [5, 5.41) is 0.606. The van der Waals surface area contributed by atoms with Crippen molar-refractivity contribution in [1.82, 2.24) is 4.90 Å². The zero-order chi connectivity index (χ0) is 18.9. The SMILES string of the molecule is CCCCC1CN(c2ccc(Cl)cc2)C(=O)CN1C(=O)C1(C(N)=O)CC1. The number of amides is 3. The average molecular weight is 378 g/mol. The van der Waals surface area contributed by atoms with Crippen molar-refractivity contribution in [1.29, 1.82) is 0 Å². The molecule has 26 heavy (non-hydrogen) atoms. The predicted octanol–water partition coefficient (Wildman–Crippen LogP) is 2.34. The number of nitrogens with two attached hydrogens (primary N) is 1. The molecule has 2 N–H and O–H groups in total. The summed E-state index contributed by atoms with van der Waals surface area (Å²) in [7, 11) is 0. The molecule has 0 bridgehead atoms. The normalized spacial score (nSPS) is 21.6. The summed E-state index contributed by atoms with van der Waals surface area (Å²) in [6, 6.07) is 6.98. The van der Waals surface area contributed by atoms with E-state index in [-0.39, 0.29) is 24.4 Å². The summed E-state index contributed by atoms with van der Waals surface area (Å²) in [4.78, 5) is 40.7. The number of anilines is 1. The van der Waals surface area contributed by atoms with Gasteiger partial charge in [-0.3, -0.25) is 14.4 Å². The van der Waals surface area contributed by atoms with Gasteiger partial charge in [-0.15, -0.1) is 0 Å².